The number of aryl methyl sites for hydroxylation is 2. The van der Waals surface area contributed by atoms with E-state index >= 15 is 4.39 Å². The Kier molecular flexibility index (Phi) is 5.42. The quantitative estimate of drug-likeness (QED) is 0.360. The third-order valence-electron chi connectivity index (χ3n) is 5.95. The van der Waals surface area contributed by atoms with Crippen molar-refractivity contribution in [1.29, 1.82) is 0 Å². The van der Waals surface area contributed by atoms with E-state index in [1.165, 1.54) is 27.7 Å². The van der Waals surface area contributed by atoms with Crippen LogP contribution in [0.25, 0.3) is 22.3 Å². The molecule has 1 unspecified atom stereocenters. The minimum Gasteiger partial charge on any atom is -0.296 e. The van der Waals surface area contributed by atoms with Gasteiger partial charge in [0, 0.05) is 47.9 Å². The molecule has 0 amide bonds. The van der Waals surface area contributed by atoms with E-state index in [4.69, 9.17) is 18.0 Å². The normalized spacial score (nSPS) is 12.9. The molecule has 1 atom stereocenters. The van der Waals surface area contributed by atoms with Crippen LogP contribution in [0.15, 0.2) is 71.8 Å². The molecule has 0 aliphatic heterocycles. The summed E-state index contributed by atoms with van der Waals surface area (Å²) in [5.74, 6) is 2.50. The fourth-order valence-corrected chi connectivity index (χ4v) is 4.26. The van der Waals surface area contributed by atoms with Crippen molar-refractivity contribution >= 4 is 22.6 Å². The Hall–Kier alpha value is -4.35. The highest BCUT2D eigenvalue weighted by Crippen LogP contribution is 2.41. The van der Waals surface area contributed by atoms with E-state index in [0.717, 1.165) is 0 Å². The summed E-state index contributed by atoms with van der Waals surface area (Å²) in [6, 6.07) is 14.8. The van der Waals surface area contributed by atoms with Gasteiger partial charge in [0.15, 0.2) is 0 Å². The van der Waals surface area contributed by atoms with E-state index in [1.807, 2.05) is 0 Å². The standard InChI is InChI=1S/C26H18ClFN6O/c1-4-19-6-5-7-22(31-19)20-13-24(35)33(2)25-21(20)12-17(14-29-25)26(28,23-15-30-32-34(23)3)16-8-10-18(27)11-9-16/h1,5-15H,2-3H3. The van der Waals surface area contributed by atoms with Crippen LogP contribution in [0.1, 0.15) is 22.5 Å². The van der Waals surface area contributed by atoms with Crippen molar-refractivity contribution in [3.8, 4) is 23.6 Å². The van der Waals surface area contributed by atoms with Crippen molar-refractivity contribution in [2.24, 2.45) is 14.1 Å². The van der Waals surface area contributed by atoms with Gasteiger partial charge < -0.3 is 0 Å². The van der Waals surface area contributed by atoms with Gasteiger partial charge in [0.25, 0.3) is 5.56 Å². The van der Waals surface area contributed by atoms with Crippen LogP contribution in [0.2, 0.25) is 5.02 Å². The molecule has 0 saturated carbocycles. The Balaban J connectivity index is 1.84. The molecule has 7 nitrogen and oxygen atoms in total. The van der Waals surface area contributed by atoms with Crippen molar-refractivity contribution in [1.82, 2.24) is 29.5 Å². The molecule has 0 fully saturated rings. The van der Waals surface area contributed by atoms with Gasteiger partial charge in [-0.25, -0.2) is 19.0 Å². The summed E-state index contributed by atoms with van der Waals surface area (Å²) >= 11 is 6.07. The molecule has 0 bridgehead atoms. The minimum atomic E-state index is -2.16. The molecule has 4 heterocycles. The summed E-state index contributed by atoms with van der Waals surface area (Å²) in [5.41, 5.74) is 0.104. The van der Waals surface area contributed by atoms with E-state index < -0.39 is 5.67 Å². The van der Waals surface area contributed by atoms with Gasteiger partial charge in [0.05, 0.1) is 11.9 Å². The van der Waals surface area contributed by atoms with Gasteiger partial charge in [-0.2, -0.15) is 0 Å². The monoisotopic (exact) mass is 484 g/mol. The number of aromatic nitrogens is 6. The number of alkyl halides is 1. The molecule has 0 spiro atoms. The van der Waals surface area contributed by atoms with E-state index in [9.17, 15) is 4.79 Å². The molecule has 9 heteroatoms. The molecule has 4 aromatic heterocycles. The molecule has 5 aromatic rings. The molecule has 0 aliphatic rings. The zero-order chi connectivity index (χ0) is 24.7. The first kappa shape index (κ1) is 22.4. The Morgan fingerprint density at radius 2 is 1.83 bits per heavy atom. The second-order valence-corrected chi connectivity index (χ2v) is 8.45. The Bertz CT molecular complexity index is 1690. The van der Waals surface area contributed by atoms with Crippen LogP contribution in [-0.4, -0.2) is 29.5 Å². The number of terminal acetylenes is 1. The zero-order valence-corrected chi connectivity index (χ0v) is 19.5. The topological polar surface area (TPSA) is 78.5 Å². The lowest BCUT2D eigenvalue weighted by Crippen LogP contribution is -2.27. The van der Waals surface area contributed by atoms with Crippen LogP contribution in [0, 0.1) is 12.3 Å². The van der Waals surface area contributed by atoms with Crippen LogP contribution in [0.4, 0.5) is 4.39 Å². The fourth-order valence-electron chi connectivity index (χ4n) is 4.13. The number of pyridine rings is 3. The molecule has 172 valence electrons. The van der Waals surface area contributed by atoms with Crippen molar-refractivity contribution < 1.29 is 4.39 Å². The molecular weight excluding hydrogens is 467 g/mol. The lowest BCUT2D eigenvalue weighted by molar-refractivity contribution is 0.263. The Morgan fingerprint density at radius 1 is 1.06 bits per heavy atom. The van der Waals surface area contributed by atoms with Gasteiger partial charge in [-0.3, -0.25) is 9.36 Å². The second kappa shape index (κ2) is 8.46. The molecule has 0 aliphatic carbocycles. The van der Waals surface area contributed by atoms with Crippen molar-refractivity contribution in [3.63, 3.8) is 0 Å². The highest BCUT2D eigenvalue weighted by molar-refractivity contribution is 6.30. The average molecular weight is 485 g/mol. The van der Waals surface area contributed by atoms with E-state index in [-0.39, 0.29) is 16.8 Å². The Labute approximate surface area is 204 Å². The van der Waals surface area contributed by atoms with Crippen molar-refractivity contribution in [2.45, 2.75) is 5.67 Å². The molecule has 5 rings (SSSR count). The summed E-state index contributed by atoms with van der Waals surface area (Å²) in [7, 11) is 3.23. The van der Waals surface area contributed by atoms with Gasteiger partial charge in [-0.15, -0.1) is 11.5 Å². The molecule has 0 radical (unpaired) electrons. The predicted octanol–water partition coefficient (Wildman–Crippen LogP) is 4.02. The van der Waals surface area contributed by atoms with Gasteiger partial charge in [-0.05, 0) is 35.9 Å². The maximum absolute atomic E-state index is 17.3. The third-order valence-corrected chi connectivity index (χ3v) is 6.21. The molecule has 35 heavy (non-hydrogen) atoms. The minimum absolute atomic E-state index is 0.208. The predicted molar refractivity (Wildman–Crippen MR) is 132 cm³/mol. The number of benzene rings is 1. The number of halogens is 2. The highest BCUT2D eigenvalue weighted by Gasteiger charge is 2.40. The van der Waals surface area contributed by atoms with Gasteiger partial charge in [0.2, 0.25) is 5.67 Å². The molecule has 1 aromatic carbocycles. The number of hydrogen-bond donors (Lipinski definition) is 0. The largest absolute Gasteiger partial charge is 0.296 e. The first-order valence-electron chi connectivity index (χ1n) is 10.6. The third kappa shape index (κ3) is 3.66. The maximum atomic E-state index is 17.3. The Morgan fingerprint density at radius 3 is 2.51 bits per heavy atom. The maximum Gasteiger partial charge on any atom is 0.252 e. The summed E-state index contributed by atoms with van der Waals surface area (Å²) < 4.78 is 20.1. The summed E-state index contributed by atoms with van der Waals surface area (Å²) in [5, 5.41) is 8.83. The number of hydrogen-bond acceptors (Lipinski definition) is 5. The van der Waals surface area contributed by atoms with E-state index in [1.54, 1.807) is 62.6 Å². The van der Waals surface area contributed by atoms with Crippen molar-refractivity contribution in [3.05, 3.63) is 105 Å². The molecule has 0 saturated heterocycles. The lowest BCUT2D eigenvalue weighted by Gasteiger charge is -2.26. The zero-order valence-electron chi connectivity index (χ0n) is 18.8. The first-order chi connectivity index (χ1) is 16.8. The van der Waals surface area contributed by atoms with Crippen LogP contribution in [0.5, 0.6) is 0 Å². The molecule has 0 N–H and O–H groups in total. The van der Waals surface area contributed by atoms with E-state index in [2.05, 4.69) is 26.2 Å². The summed E-state index contributed by atoms with van der Waals surface area (Å²) in [6.07, 6.45) is 8.31. The average Bonchev–Trinajstić information content (AvgIpc) is 3.32. The number of fused-ring (bicyclic) bond motifs is 1. The molecular formula is C26H18ClFN6O. The van der Waals surface area contributed by atoms with Crippen molar-refractivity contribution in [2.75, 3.05) is 0 Å². The summed E-state index contributed by atoms with van der Waals surface area (Å²) in [6.45, 7) is 0. The second-order valence-electron chi connectivity index (χ2n) is 8.01. The smallest absolute Gasteiger partial charge is 0.252 e. The van der Waals surface area contributed by atoms with Crippen LogP contribution >= 0.6 is 11.6 Å². The number of nitrogens with zero attached hydrogens (tertiary/aromatic N) is 6. The first-order valence-corrected chi connectivity index (χ1v) is 10.9. The van der Waals surface area contributed by atoms with Crippen LogP contribution in [0.3, 0.4) is 0 Å². The fraction of sp³-hybridized carbons (Fsp3) is 0.115. The number of rotatable bonds is 4. The van der Waals surface area contributed by atoms with Gasteiger partial charge >= 0.3 is 0 Å². The van der Waals surface area contributed by atoms with Crippen LogP contribution < -0.4 is 5.56 Å². The SMILES string of the molecule is C#Cc1cccc(-c2cc(=O)n(C)c3ncc(C(F)(c4ccc(Cl)cc4)c4cnnn4C)cc23)n1. The lowest BCUT2D eigenvalue weighted by atomic mass is 9.85. The van der Waals surface area contributed by atoms with E-state index in [0.29, 0.717) is 38.6 Å². The van der Waals surface area contributed by atoms with Crippen LogP contribution in [-0.2, 0) is 19.8 Å². The van der Waals surface area contributed by atoms with Gasteiger partial charge in [-0.1, -0.05) is 40.9 Å². The summed E-state index contributed by atoms with van der Waals surface area (Å²) in [4.78, 5) is 21.7. The van der Waals surface area contributed by atoms with Gasteiger partial charge in [0.1, 0.15) is 17.0 Å². The highest BCUT2D eigenvalue weighted by atomic mass is 35.5.